The van der Waals surface area contributed by atoms with Crippen molar-refractivity contribution in [3.63, 3.8) is 0 Å². The van der Waals surface area contributed by atoms with Gasteiger partial charge in [-0.25, -0.2) is 0 Å². The Bertz CT molecular complexity index is 760. The number of nitrogens with one attached hydrogen (secondary N) is 1. The summed E-state index contributed by atoms with van der Waals surface area (Å²) in [6.07, 6.45) is 1.67. The maximum absolute atomic E-state index is 12.5. The van der Waals surface area contributed by atoms with Crippen LogP contribution < -0.4 is 10.2 Å². The van der Waals surface area contributed by atoms with Crippen molar-refractivity contribution in [2.24, 2.45) is 0 Å². The lowest BCUT2D eigenvalue weighted by Crippen LogP contribution is -2.46. The molecule has 2 heterocycles. The fraction of sp³-hybridized carbons (Fsp3) is 0.333. The quantitative estimate of drug-likeness (QED) is 0.879. The second kappa shape index (κ2) is 8.04. The number of amides is 1. The molecule has 3 rings (SSSR count). The molecule has 1 aromatic heterocycles. The highest BCUT2D eigenvalue weighted by atomic mass is 35.5. The minimum absolute atomic E-state index is 0.271. The van der Waals surface area contributed by atoms with Gasteiger partial charge in [-0.1, -0.05) is 30.1 Å². The first kappa shape index (κ1) is 18.0. The molecule has 0 radical (unpaired) electrons. The van der Waals surface area contributed by atoms with Gasteiger partial charge in [-0.05, 0) is 36.9 Å². The number of carbonyl (C=O) groups is 1. The molecule has 0 aliphatic carbocycles. The maximum Gasteiger partial charge on any atom is 0.274 e. The van der Waals surface area contributed by atoms with Gasteiger partial charge in [0.1, 0.15) is 5.69 Å². The molecule has 1 N–H and O–H groups in total. The van der Waals surface area contributed by atoms with Crippen LogP contribution in [0.4, 0.5) is 11.4 Å². The number of halogens is 2. The summed E-state index contributed by atoms with van der Waals surface area (Å²) in [5.74, 6) is -0.271. The van der Waals surface area contributed by atoms with Crippen molar-refractivity contribution in [1.29, 1.82) is 0 Å². The minimum Gasteiger partial charge on any atom is -0.369 e. The summed E-state index contributed by atoms with van der Waals surface area (Å²) >= 11 is 11.9. The fourth-order valence-corrected chi connectivity index (χ4v) is 3.13. The smallest absolute Gasteiger partial charge is 0.274 e. The molecule has 1 saturated heterocycles. The summed E-state index contributed by atoms with van der Waals surface area (Å²) in [4.78, 5) is 21.4. The fourth-order valence-electron chi connectivity index (χ4n) is 2.83. The number of likely N-dealkylation sites (N-methyl/N-ethyl adjacent to an activating group) is 1. The van der Waals surface area contributed by atoms with E-state index in [4.69, 9.17) is 23.2 Å². The second-order valence-electron chi connectivity index (χ2n) is 5.90. The molecule has 25 heavy (non-hydrogen) atoms. The lowest BCUT2D eigenvalue weighted by Gasteiger charge is -2.35. The van der Waals surface area contributed by atoms with E-state index in [1.807, 2.05) is 12.1 Å². The van der Waals surface area contributed by atoms with Crippen molar-refractivity contribution in [2.75, 3.05) is 42.9 Å². The first-order valence-electron chi connectivity index (χ1n) is 8.26. The van der Waals surface area contributed by atoms with Crippen LogP contribution in [-0.4, -0.2) is 48.5 Å². The highest BCUT2D eigenvalue weighted by Gasteiger charge is 2.17. The minimum atomic E-state index is -0.271. The molecule has 1 amide bonds. The number of hydrogen-bond donors (Lipinski definition) is 1. The van der Waals surface area contributed by atoms with Crippen LogP contribution in [0.1, 0.15) is 17.4 Å². The Kier molecular flexibility index (Phi) is 5.78. The predicted octanol–water partition coefficient (Wildman–Crippen LogP) is 3.78. The molecule has 1 aliphatic heterocycles. The average molecular weight is 379 g/mol. The second-order valence-corrected chi connectivity index (χ2v) is 6.72. The lowest BCUT2D eigenvalue weighted by atomic mass is 10.2. The number of anilines is 2. The Balaban J connectivity index is 1.70. The van der Waals surface area contributed by atoms with Crippen LogP contribution in [0.2, 0.25) is 10.0 Å². The standard InChI is InChI=1S/C18H20Cl2N4O/c1-2-23-7-9-24(10-8-23)14-5-6-21-17(12-14)18(25)22-13-3-4-15(19)16(20)11-13/h3-6,11-12H,2,7-10H2,1H3,(H,22,25). The van der Waals surface area contributed by atoms with E-state index in [-0.39, 0.29) is 5.91 Å². The van der Waals surface area contributed by atoms with Gasteiger partial charge in [-0.2, -0.15) is 0 Å². The summed E-state index contributed by atoms with van der Waals surface area (Å²) < 4.78 is 0. The maximum atomic E-state index is 12.5. The SMILES string of the molecule is CCN1CCN(c2ccnc(C(=O)Nc3ccc(Cl)c(Cl)c3)c2)CC1. The van der Waals surface area contributed by atoms with Crippen LogP contribution in [0.3, 0.4) is 0 Å². The van der Waals surface area contributed by atoms with Crippen molar-refractivity contribution < 1.29 is 4.79 Å². The number of pyridine rings is 1. The molecule has 0 spiro atoms. The first-order valence-corrected chi connectivity index (χ1v) is 9.02. The van der Waals surface area contributed by atoms with Gasteiger partial charge in [-0.3, -0.25) is 9.78 Å². The van der Waals surface area contributed by atoms with E-state index in [2.05, 4.69) is 27.0 Å². The molecule has 2 aromatic rings. The van der Waals surface area contributed by atoms with Crippen molar-refractivity contribution in [1.82, 2.24) is 9.88 Å². The Morgan fingerprint density at radius 1 is 1.12 bits per heavy atom. The third kappa shape index (κ3) is 4.42. The molecular formula is C18H20Cl2N4O. The molecule has 7 heteroatoms. The summed E-state index contributed by atoms with van der Waals surface area (Å²) in [5.41, 5.74) is 1.98. The summed E-state index contributed by atoms with van der Waals surface area (Å²) in [6.45, 7) is 7.21. The monoisotopic (exact) mass is 378 g/mol. The van der Waals surface area contributed by atoms with E-state index in [1.54, 1.807) is 24.4 Å². The normalized spacial score (nSPS) is 15.2. The topological polar surface area (TPSA) is 48.5 Å². The van der Waals surface area contributed by atoms with E-state index >= 15 is 0 Å². The largest absolute Gasteiger partial charge is 0.369 e. The molecule has 0 unspecified atom stereocenters. The Morgan fingerprint density at radius 2 is 1.88 bits per heavy atom. The Labute approximate surface area is 157 Å². The third-order valence-electron chi connectivity index (χ3n) is 4.34. The van der Waals surface area contributed by atoms with Crippen LogP contribution in [0, 0.1) is 0 Å². The van der Waals surface area contributed by atoms with Gasteiger partial charge in [0.05, 0.1) is 10.0 Å². The van der Waals surface area contributed by atoms with Gasteiger partial charge in [0.2, 0.25) is 0 Å². The molecule has 1 aromatic carbocycles. The van der Waals surface area contributed by atoms with Crippen molar-refractivity contribution in [3.05, 3.63) is 52.3 Å². The number of benzene rings is 1. The van der Waals surface area contributed by atoms with Crippen LogP contribution in [0.25, 0.3) is 0 Å². The van der Waals surface area contributed by atoms with Gasteiger partial charge in [0.15, 0.2) is 0 Å². The Hall–Kier alpha value is -1.82. The highest BCUT2D eigenvalue weighted by molar-refractivity contribution is 6.42. The number of nitrogens with zero attached hydrogens (tertiary/aromatic N) is 3. The summed E-state index contributed by atoms with van der Waals surface area (Å²) in [7, 11) is 0. The van der Waals surface area contributed by atoms with E-state index in [0.29, 0.717) is 21.4 Å². The van der Waals surface area contributed by atoms with Gasteiger partial charge in [0.25, 0.3) is 5.91 Å². The number of piperazine rings is 1. The molecule has 0 bridgehead atoms. The zero-order chi connectivity index (χ0) is 17.8. The van der Waals surface area contributed by atoms with Gasteiger partial charge in [0, 0.05) is 43.8 Å². The third-order valence-corrected chi connectivity index (χ3v) is 5.08. The van der Waals surface area contributed by atoms with Crippen molar-refractivity contribution in [2.45, 2.75) is 6.92 Å². The molecule has 1 aliphatic rings. The number of hydrogen-bond acceptors (Lipinski definition) is 4. The zero-order valence-corrected chi connectivity index (χ0v) is 15.5. The molecule has 5 nitrogen and oxygen atoms in total. The molecular weight excluding hydrogens is 359 g/mol. The molecule has 0 saturated carbocycles. The average Bonchev–Trinajstić information content (AvgIpc) is 2.65. The number of aromatic nitrogens is 1. The highest BCUT2D eigenvalue weighted by Crippen LogP contribution is 2.25. The van der Waals surface area contributed by atoms with Gasteiger partial charge < -0.3 is 15.1 Å². The first-order chi connectivity index (χ1) is 12.1. The summed E-state index contributed by atoms with van der Waals surface area (Å²) in [6, 6.07) is 8.75. The number of rotatable bonds is 4. The van der Waals surface area contributed by atoms with Gasteiger partial charge in [-0.15, -0.1) is 0 Å². The predicted molar refractivity (Wildman–Crippen MR) is 103 cm³/mol. The van der Waals surface area contributed by atoms with E-state index in [1.165, 1.54) is 0 Å². The molecule has 1 fully saturated rings. The van der Waals surface area contributed by atoms with Crippen molar-refractivity contribution >= 4 is 40.5 Å². The van der Waals surface area contributed by atoms with Crippen molar-refractivity contribution in [3.8, 4) is 0 Å². The van der Waals surface area contributed by atoms with Crippen LogP contribution in [-0.2, 0) is 0 Å². The molecule has 132 valence electrons. The van der Waals surface area contributed by atoms with E-state index < -0.39 is 0 Å². The van der Waals surface area contributed by atoms with Gasteiger partial charge >= 0.3 is 0 Å². The molecule has 0 atom stereocenters. The van der Waals surface area contributed by atoms with Crippen LogP contribution >= 0.6 is 23.2 Å². The lowest BCUT2D eigenvalue weighted by molar-refractivity contribution is 0.102. The Morgan fingerprint density at radius 3 is 2.56 bits per heavy atom. The van der Waals surface area contributed by atoms with Crippen LogP contribution in [0.15, 0.2) is 36.5 Å². The van der Waals surface area contributed by atoms with Crippen LogP contribution in [0.5, 0.6) is 0 Å². The van der Waals surface area contributed by atoms with E-state index in [0.717, 1.165) is 38.4 Å². The van der Waals surface area contributed by atoms with E-state index in [9.17, 15) is 4.79 Å². The summed E-state index contributed by atoms with van der Waals surface area (Å²) in [5, 5.41) is 3.65. The number of carbonyl (C=O) groups excluding carboxylic acids is 1. The zero-order valence-electron chi connectivity index (χ0n) is 14.0.